The first-order valence-electron chi connectivity index (χ1n) is 16.7. The van der Waals surface area contributed by atoms with Gasteiger partial charge >= 0.3 is 0 Å². The van der Waals surface area contributed by atoms with E-state index in [0.717, 1.165) is 64.6 Å². The SMILES string of the molecule is N#Cc1cccc(-c2nc(-c3cccc4c3oc3cc(-c5nc(-c6ccccc6)nc(-c6ccccc6)n5)ccc34)nc3c2sc2ccccc23)c1. The van der Waals surface area contributed by atoms with Crippen molar-refractivity contribution in [2.75, 3.05) is 0 Å². The molecule has 0 spiro atoms. The van der Waals surface area contributed by atoms with E-state index in [0.29, 0.717) is 40.0 Å². The number of furan rings is 1. The molecule has 10 aromatic rings. The van der Waals surface area contributed by atoms with E-state index in [9.17, 15) is 5.26 Å². The summed E-state index contributed by atoms with van der Waals surface area (Å²) in [6.45, 7) is 0. The molecule has 0 atom stereocenters. The van der Waals surface area contributed by atoms with Gasteiger partial charge in [0.15, 0.2) is 23.3 Å². The van der Waals surface area contributed by atoms with E-state index < -0.39 is 0 Å². The Labute approximate surface area is 301 Å². The molecule has 0 fully saturated rings. The molecule has 242 valence electrons. The van der Waals surface area contributed by atoms with Crippen LogP contribution in [0.15, 0.2) is 150 Å². The number of fused-ring (bicyclic) bond motifs is 6. The zero-order chi connectivity index (χ0) is 34.6. The van der Waals surface area contributed by atoms with E-state index in [4.69, 9.17) is 29.3 Å². The summed E-state index contributed by atoms with van der Waals surface area (Å²) in [5.74, 6) is 2.30. The molecule has 0 unspecified atom stereocenters. The highest BCUT2D eigenvalue weighted by atomic mass is 32.1. The van der Waals surface area contributed by atoms with Crippen molar-refractivity contribution in [3.8, 4) is 62.9 Å². The Morgan fingerprint density at radius 1 is 0.500 bits per heavy atom. The maximum absolute atomic E-state index is 9.68. The number of nitrogens with zero attached hydrogens (tertiary/aromatic N) is 6. The normalized spacial score (nSPS) is 11.4. The first-order chi connectivity index (χ1) is 25.7. The summed E-state index contributed by atoms with van der Waals surface area (Å²) in [5, 5.41) is 12.7. The number of benzene rings is 6. The largest absolute Gasteiger partial charge is 0.455 e. The molecule has 0 aliphatic heterocycles. The summed E-state index contributed by atoms with van der Waals surface area (Å²) in [6.07, 6.45) is 0. The lowest BCUT2D eigenvalue weighted by atomic mass is 10.1. The molecular formula is C44H24N6OS. The molecule has 6 aromatic carbocycles. The summed E-state index contributed by atoms with van der Waals surface area (Å²) in [7, 11) is 0. The van der Waals surface area contributed by atoms with Crippen molar-refractivity contribution < 1.29 is 4.42 Å². The molecule has 7 nitrogen and oxygen atoms in total. The fourth-order valence-corrected chi connectivity index (χ4v) is 7.85. The lowest BCUT2D eigenvalue weighted by molar-refractivity contribution is 0.669. The Kier molecular flexibility index (Phi) is 6.91. The number of thiophene rings is 1. The van der Waals surface area contributed by atoms with Gasteiger partial charge in [0.05, 0.1) is 33.1 Å². The minimum Gasteiger partial charge on any atom is -0.455 e. The Morgan fingerprint density at radius 3 is 1.90 bits per heavy atom. The van der Waals surface area contributed by atoms with Crippen molar-refractivity contribution in [2.45, 2.75) is 0 Å². The zero-order valence-corrected chi connectivity index (χ0v) is 28.2. The van der Waals surface area contributed by atoms with E-state index >= 15 is 0 Å². The van der Waals surface area contributed by atoms with Crippen LogP contribution in [0.1, 0.15) is 5.56 Å². The molecule has 0 N–H and O–H groups in total. The van der Waals surface area contributed by atoms with Gasteiger partial charge in [0, 0.05) is 43.1 Å². The highest BCUT2D eigenvalue weighted by molar-refractivity contribution is 7.26. The maximum atomic E-state index is 9.68. The molecule has 0 saturated carbocycles. The van der Waals surface area contributed by atoms with E-state index in [2.05, 4.69) is 30.3 Å². The van der Waals surface area contributed by atoms with Crippen LogP contribution in [-0.4, -0.2) is 24.9 Å². The van der Waals surface area contributed by atoms with Crippen molar-refractivity contribution >= 4 is 53.6 Å². The molecule has 4 heterocycles. The predicted octanol–water partition coefficient (Wildman–Crippen LogP) is 11.1. The van der Waals surface area contributed by atoms with Crippen LogP contribution in [0.5, 0.6) is 0 Å². The van der Waals surface area contributed by atoms with Gasteiger partial charge in [-0.15, -0.1) is 11.3 Å². The van der Waals surface area contributed by atoms with Crippen molar-refractivity contribution in [2.24, 2.45) is 0 Å². The van der Waals surface area contributed by atoms with E-state index in [-0.39, 0.29) is 0 Å². The molecule has 0 aliphatic rings. The highest BCUT2D eigenvalue weighted by Crippen LogP contribution is 2.42. The number of hydrogen-bond acceptors (Lipinski definition) is 8. The van der Waals surface area contributed by atoms with Gasteiger partial charge in [-0.2, -0.15) is 5.26 Å². The number of aromatic nitrogens is 5. The minimum atomic E-state index is 0.552. The third-order valence-electron chi connectivity index (χ3n) is 9.18. The second-order valence-electron chi connectivity index (χ2n) is 12.4. The third kappa shape index (κ3) is 4.99. The van der Waals surface area contributed by atoms with Gasteiger partial charge in [-0.3, -0.25) is 0 Å². The van der Waals surface area contributed by atoms with Crippen LogP contribution in [0.25, 0.3) is 99.1 Å². The van der Waals surface area contributed by atoms with Crippen LogP contribution < -0.4 is 0 Å². The van der Waals surface area contributed by atoms with Crippen molar-refractivity contribution in [1.29, 1.82) is 5.26 Å². The molecule has 0 saturated heterocycles. The highest BCUT2D eigenvalue weighted by Gasteiger charge is 2.21. The molecule has 0 radical (unpaired) electrons. The lowest BCUT2D eigenvalue weighted by Gasteiger charge is -2.08. The summed E-state index contributed by atoms with van der Waals surface area (Å²) >= 11 is 1.66. The molecule has 4 aromatic heterocycles. The van der Waals surface area contributed by atoms with Gasteiger partial charge in [0.25, 0.3) is 0 Å². The van der Waals surface area contributed by atoms with Crippen LogP contribution in [0.4, 0.5) is 0 Å². The maximum Gasteiger partial charge on any atom is 0.164 e. The summed E-state index contributed by atoms with van der Waals surface area (Å²) in [5.41, 5.74) is 7.90. The van der Waals surface area contributed by atoms with Crippen LogP contribution >= 0.6 is 11.3 Å². The topological polar surface area (TPSA) is 101 Å². The first kappa shape index (κ1) is 29.8. The van der Waals surface area contributed by atoms with E-state index in [1.807, 2.05) is 115 Å². The molecular weight excluding hydrogens is 661 g/mol. The van der Waals surface area contributed by atoms with Gasteiger partial charge in [-0.05, 0) is 36.4 Å². The van der Waals surface area contributed by atoms with Crippen LogP contribution in [0.2, 0.25) is 0 Å². The monoisotopic (exact) mass is 684 g/mol. The first-order valence-corrected chi connectivity index (χ1v) is 17.5. The minimum absolute atomic E-state index is 0.552. The van der Waals surface area contributed by atoms with Crippen LogP contribution in [0, 0.1) is 11.3 Å². The second kappa shape index (κ2) is 12.1. The van der Waals surface area contributed by atoms with E-state index in [1.54, 1.807) is 17.4 Å². The Hall–Kier alpha value is -7.08. The molecule has 10 rings (SSSR count). The van der Waals surface area contributed by atoms with Gasteiger partial charge in [-0.25, -0.2) is 24.9 Å². The lowest BCUT2D eigenvalue weighted by Crippen LogP contribution is -2.00. The number of hydrogen-bond donors (Lipinski definition) is 0. The predicted molar refractivity (Wildman–Crippen MR) is 207 cm³/mol. The van der Waals surface area contributed by atoms with Gasteiger partial charge < -0.3 is 4.42 Å². The Morgan fingerprint density at radius 2 is 1.15 bits per heavy atom. The Balaban J connectivity index is 1.16. The third-order valence-corrected chi connectivity index (χ3v) is 10.3. The van der Waals surface area contributed by atoms with Crippen LogP contribution in [0.3, 0.4) is 0 Å². The number of para-hydroxylation sites is 1. The van der Waals surface area contributed by atoms with Crippen LogP contribution in [-0.2, 0) is 0 Å². The molecule has 52 heavy (non-hydrogen) atoms. The molecule has 8 heteroatoms. The fourth-order valence-electron chi connectivity index (χ4n) is 6.69. The fraction of sp³-hybridized carbons (Fsp3) is 0. The molecule has 0 amide bonds. The summed E-state index contributed by atoms with van der Waals surface area (Å²) in [6, 6.07) is 50.1. The van der Waals surface area contributed by atoms with Crippen molar-refractivity contribution in [3.63, 3.8) is 0 Å². The quantitative estimate of drug-likeness (QED) is 0.178. The standard InChI is InChI=1S/C44H24N6OS/c45-25-26-11-9-16-29(23-26)37-40-38(33-17-7-8-20-36(33)52-40)47-44(46-37)34-19-10-18-32-31-22-21-30(24-35(31)51-39(32)34)43-49-41(27-12-3-1-4-13-27)48-42(50-43)28-14-5-2-6-15-28/h1-24H. The summed E-state index contributed by atoms with van der Waals surface area (Å²) < 4.78 is 8.80. The second-order valence-corrected chi connectivity index (χ2v) is 13.5. The van der Waals surface area contributed by atoms with E-state index in [1.165, 1.54) is 0 Å². The van der Waals surface area contributed by atoms with Crippen molar-refractivity contribution in [3.05, 3.63) is 151 Å². The number of rotatable bonds is 5. The molecule has 0 aliphatic carbocycles. The van der Waals surface area contributed by atoms with Gasteiger partial charge in [0.1, 0.15) is 11.2 Å². The average Bonchev–Trinajstić information content (AvgIpc) is 3.79. The zero-order valence-electron chi connectivity index (χ0n) is 27.4. The smallest absolute Gasteiger partial charge is 0.164 e. The van der Waals surface area contributed by atoms with Gasteiger partial charge in [-0.1, -0.05) is 109 Å². The Bertz CT molecular complexity index is 2980. The van der Waals surface area contributed by atoms with Crippen molar-refractivity contribution in [1.82, 2.24) is 24.9 Å². The number of nitriles is 1. The average molecular weight is 685 g/mol. The van der Waals surface area contributed by atoms with Gasteiger partial charge in [0.2, 0.25) is 0 Å². The summed E-state index contributed by atoms with van der Waals surface area (Å²) in [4.78, 5) is 25.0. The molecule has 0 bridgehead atoms.